The van der Waals surface area contributed by atoms with Gasteiger partial charge in [0, 0.05) is 25.2 Å². The standard InChI is InChI=1S/C23H49NO2/c1-3-4-5-6-7-8-9-10-11-12-13-14-15-16-17-18-19-26-21-23(20-25)22(2)24/h22-23,25H,3-21,24H2,1-2H3. The van der Waals surface area contributed by atoms with E-state index in [-0.39, 0.29) is 18.6 Å². The van der Waals surface area contributed by atoms with Crippen LogP contribution in [0, 0.1) is 5.92 Å². The maximum atomic E-state index is 9.18. The van der Waals surface area contributed by atoms with Gasteiger partial charge in [0.2, 0.25) is 0 Å². The van der Waals surface area contributed by atoms with E-state index in [2.05, 4.69) is 6.92 Å². The second-order valence-electron chi connectivity index (χ2n) is 8.18. The summed E-state index contributed by atoms with van der Waals surface area (Å²) in [6, 6.07) is 0.00537. The van der Waals surface area contributed by atoms with E-state index in [4.69, 9.17) is 10.5 Å². The van der Waals surface area contributed by atoms with Crippen molar-refractivity contribution in [2.45, 2.75) is 123 Å². The lowest BCUT2D eigenvalue weighted by molar-refractivity contribution is 0.0624. The van der Waals surface area contributed by atoms with Crippen LogP contribution in [0.1, 0.15) is 117 Å². The van der Waals surface area contributed by atoms with Gasteiger partial charge in [-0.2, -0.15) is 0 Å². The molecule has 2 atom stereocenters. The van der Waals surface area contributed by atoms with Crippen LogP contribution in [0.4, 0.5) is 0 Å². The molecular weight excluding hydrogens is 322 g/mol. The predicted molar refractivity (Wildman–Crippen MR) is 115 cm³/mol. The Morgan fingerprint density at radius 3 is 1.42 bits per heavy atom. The van der Waals surface area contributed by atoms with Crippen LogP contribution in [0.15, 0.2) is 0 Å². The summed E-state index contributed by atoms with van der Waals surface area (Å²) in [5.41, 5.74) is 5.78. The first kappa shape index (κ1) is 25.9. The number of unbranched alkanes of at least 4 members (excludes halogenated alkanes) is 15. The lowest BCUT2D eigenvalue weighted by atomic mass is 10.0. The van der Waals surface area contributed by atoms with E-state index in [1.165, 1.54) is 96.3 Å². The van der Waals surface area contributed by atoms with Crippen LogP contribution in [0.2, 0.25) is 0 Å². The fourth-order valence-corrected chi connectivity index (χ4v) is 3.36. The van der Waals surface area contributed by atoms with Crippen LogP contribution in [0.25, 0.3) is 0 Å². The lowest BCUT2D eigenvalue weighted by Crippen LogP contribution is -2.32. The molecule has 0 rings (SSSR count). The zero-order valence-electron chi connectivity index (χ0n) is 18.0. The monoisotopic (exact) mass is 371 g/mol. The zero-order chi connectivity index (χ0) is 19.3. The van der Waals surface area contributed by atoms with E-state index < -0.39 is 0 Å². The molecule has 0 aliphatic rings. The highest BCUT2D eigenvalue weighted by Gasteiger charge is 2.12. The van der Waals surface area contributed by atoms with Crippen molar-refractivity contribution in [2.24, 2.45) is 11.7 Å². The van der Waals surface area contributed by atoms with E-state index in [0.29, 0.717) is 6.61 Å². The van der Waals surface area contributed by atoms with Gasteiger partial charge in [-0.1, -0.05) is 103 Å². The summed E-state index contributed by atoms with van der Waals surface area (Å²) in [6.45, 7) is 5.73. The molecule has 0 aliphatic heterocycles. The molecule has 0 aromatic heterocycles. The molecular formula is C23H49NO2. The Morgan fingerprint density at radius 2 is 1.08 bits per heavy atom. The molecule has 0 aromatic rings. The van der Waals surface area contributed by atoms with Crippen molar-refractivity contribution < 1.29 is 9.84 Å². The average Bonchev–Trinajstić information content (AvgIpc) is 2.63. The third kappa shape index (κ3) is 18.7. The average molecular weight is 372 g/mol. The fraction of sp³-hybridized carbons (Fsp3) is 1.00. The third-order valence-corrected chi connectivity index (χ3v) is 5.45. The number of ether oxygens (including phenoxy) is 1. The van der Waals surface area contributed by atoms with Gasteiger partial charge in [0.05, 0.1) is 6.61 Å². The summed E-state index contributed by atoms with van der Waals surface area (Å²) >= 11 is 0. The van der Waals surface area contributed by atoms with Crippen molar-refractivity contribution in [3.8, 4) is 0 Å². The van der Waals surface area contributed by atoms with Crippen LogP contribution in [-0.4, -0.2) is 31.0 Å². The van der Waals surface area contributed by atoms with Gasteiger partial charge in [-0.05, 0) is 13.3 Å². The summed E-state index contributed by atoms with van der Waals surface area (Å²) in [5.74, 6) is 0.0797. The second-order valence-corrected chi connectivity index (χ2v) is 8.18. The Morgan fingerprint density at radius 1 is 0.692 bits per heavy atom. The largest absolute Gasteiger partial charge is 0.396 e. The van der Waals surface area contributed by atoms with E-state index in [1.54, 1.807) is 0 Å². The molecule has 0 radical (unpaired) electrons. The van der Waals surface area contributed by atoms with Gasteiger partial charge in [0.25, 0.3) is 0 Å². The molecule has 0 aliphatic carbocycles. The van der Waals surface area contributed by atoms with Gasteiger partial charge < -0.3 is 15.6 Å². The fourth-order valence-electron chi connectivity index (χ4n) is 3.36. The number of aliphatic hydroxyl groups is 1. The van der Waals surface area contributed by atoms with Crippen molar-refractivity contribution in [3.05, 3.63) is 0 Å². The molecule has 0 saturated carbocycles. The molecule has 26 heavy (non-hydrogen) atoms. The highest BCUT2D eigenvalue weighted by Crippen LogP contribution is 2.13. The van der Waals surface area contributed by atoms with Crippen molar-refractivity contribution in [2.75, 3.05) is 19.8 Å². The van der Waals surface area contributed by atoms with Gasteiger partial charge in [-0.15, -0.1) is 0 Å². The van der Waals surface area contributed by atoms with Crippen LogP contribution >= 0.6 is 0 Å². The summed E-state index contributed by atoms with van der Waals surface area (Å²) in [6.07, 6.45) is 22.3. The smallest absolute Gasteiger partial charge is 0.0530 e. The van der Waals surface area contributed by atoms with E-state index in [9.17, 15) is 5.11 Å². The van der Waals surface area contributed by atoms with Gasteiger partial charge in [-0.3, -0.25) is 0 Å². The molecule has 0 heterocycles. The first-order chi connectivity index (χ1) is 12.7. The van der Waals surface area contributed by atoms with Gasteiger partial charge >= 0.3 is 0 Å². The van der Waals surface area contributed by atoms with Gasteiger partial charge in [-0.25, -0.2) is 0 Å². The van der Waals surface area contributed by atoms with Crippen molar-refractivity contribution >= 4 is 0 Å². The molecule has 0 fully saturated rings. The van der Waals surface area contributed by atoms with Crippen molar-refractivity contribution in [1.29, 1.82) is 0 Å². The number of nitrogens with two attached hydrogens (primary N) is 1. The number of hydrogen-bond acceptors (Lipinski definition) is 3. The molecule has 0 bridgehead atoms. The molecule has 3 heteroatoms. The summed E-state index contributed by atoms with van der Waals surface area (Å²) in [5, 5.41) is 9.18. The molecule has 0 spiro atoms. The quantitative estimate of drug-likeness (QED) is 0.235. The molecule has 0 amide bonds. The minimum absolute atomic E-state index is 0.00537. The first-order valence-electron chi connectivity index (χ1n) is 11.7. The minimum atomic E-state index is 0.00537. The Labute approximate surface area is 164 Å². The van der Waals surface area contributed by atoms with Crippen LogP contribution in [0.3, 0.4) is 0 Å². The molecule has 0 aromatic carbocycles. The number of aliphatic hydroxyl groups excluding tert-OH is 1. The molecule has 0 saturated heterocycles. The Balaban J connectivity index is 3.09. The Bertz CT molecular complexity index is 259. The Kier molecular flexibility index (Phi) is 21.1. The lowest BCUT2D eigenvalue weighted by Gasteiger charge is -2.17. The topological polar surface area (TPSA) is 55.5 Å². The van der Waals surface area contributed by atoms with Crippen LogP contribution in [0.5, 0.6) is 0 Å². The first-order valence-corrected chi connectivity index (χ1v) is 11.7. The highest BCUT2D eigenvalue weighted by atomic mass is 16.5. The maximum Gasteiger partial charge on any atom is 0.0530 e. The van der Waals surface area contributed by atoms with E-state index >= 15 is 0 Å². The normalized spacial score (nSPS) is 13.8. The summed E-state index contributed by atoms with van der Waals surface area (Å²) in [7, 11) is 0. The predicted octanol–water partition coefficient (Wildman–Crippen LogP) is 6.22. The second kappa shape index (κ2) is 21.2. The van der Waals surface area contributed by atoms with Gasteiger partial charge in [0.1, 0.15) is 0 Å². The maximum absolute atomic E-state index is 9.18. The van der Waals surface area contributed by atoms with Crippen molar-refractivity contribution in [3.63, 3.8) is 0 Å². The molecule has 2 unspecified atom stereocenters. The van der Waals surface area contributed by atoms with Crippen molar-refractivity contribution in [1.82, 2.24) is 0 Å². The van der Waals surface area contributed by atoms with Crippen LogP contribution < -0.4 is 5.73 Å². The summed E-state index contributed by atoms with van der Waals surface area (Å²) < 4.78 is 5.63. The highest BCUT2D eigenvalue weighted by molar-refractivity contribution is 4.66. The molecule has 158 valence electrons. The van der Waals surface area contributed by atoms with E-state index in [1.807, 2.05) is 6.92 Å². The summed E-state index contributed by atoms with van der Waals surface area (Å²) in [4.78, 5) is 0. The zero-order valence-corrected chi connectivity index (χ0v) is 18.0. The van der Waals surface area contributed by atoms with Crippen LogP contribution in [-0.2, 0) is 4.74 Å². The SMILES string of the molecule is CCCCCCCCCCCCCCCCCCOCC(CO)C(C)N. The van der Waals surface area contributed by atoms with Gasteiger partial charge in [0.15, 0.2) is 0 Å². The Hall–Kier alpha value is -0.120. The minimum Gasteiger partial charge on any atom is -0.396 e. The molecule has 3 N–H and O–H groups in total. The number of rotatable bonds is 21. The van der Waals surface area contributed by atoms with E-state index in [0.717, 1.165) is 13.0 Å². The number of hydrogen-bond donors (Lipinski definition) is 2. The molecule has 3 nitrogen and oxygen atoms in total. The third-order valence-electron chi connectivity index (χ3n) is 5.45.